The average Bonchev–Trinajstić information content (AvgIpc) is 3.06. The van der Waals surface area contributed by atoms with Crippen molar-refractivity contribution in [3.8, 4) is 0 Å². The van der Waals surface area contributed by atoms with Gasteiger partial charge in [0.1, 0.15) is 6.04 Å². The fourth-order valence-corrected chi connectivity index (χ4v) is 3.13. The lowest BCUT2D eigenvalue weighted by atomic mass is 10.2. The van der Waals surface area contributed by atoms with Gasteiger partial charge in [0.25, 0.3) is 0 Å². The second-order valence-corrected chi connectivity index (χ2v) is 5.87. The van der Waals surface area contributed by atoms with E-state index in [0.717, 1.165) is 28.4 Å². The molecule has 0 radical (unpaired) electrons. The van der Waals surface area contributed by atoms with E-state index in [4.69, 9.17) is 0 Å². The summed E-state index contributed by atoms with van der Waals surface area (Å²) in [4.78, 5) is 17.9. The molecule has 2 aromatic rings. The molecule has 0 aliphatic rings. The maximum atomic E-state index is 12.3. The summed E-state index contributed by atoms with van der Waals surface area (Å²) in [6.45, 7) is 6.61. The summed E-state index contributed by atoms with van der Waals surface area (Å²) in [7, 11) is 0. The van der Waals surface area contributed by atoms with Crippen LogP contribution < -0.4 is 5.32 Å². The number of aryl methyl sites for hydroxylation is 2. The molecule has 0 bridgehead atoms. The molecule has 2 aromatic heterocycles. The third-order valence-corrected chi connectivity index (χ3v) is 4.19. The largest absolute Gasteiger partial charge is 0.349 e. The normalized spacial score (nSPS) is 12.3. The predicted octanol–water partition coefficient (Wildman–Crippen LogP) is 2.48. The third-order valence-electron chi connectivity index (χ3n) is 3.18. The molecule has 5 nitrogen and oxygen atoms in total. The highest BCUT2D eigenvalue weighted by molar-refractivity contribution is 7.11. The van der Waals surface area contributed by atoms with Gasteiger partial charge in [-0.15, -0.1) is 11.3 Å². The lowest BCUT2D eigenvalue weighted by molar-refractivity contribution is -0.124. The van der Waals surface area contributed by atoms with Crippen molar-refractivity contribution in [1.82, 2.24) is 20.1 Å². The first kappa shape index (κ1) is 14.7. The van der Waals surface area contributed by atoms with Crippen LogP contribution >= 0.6 is 11.3 Å². The van der Waals surface area contributed by atoms with Gasteiger partial charge in [-0.2, -0.15) is 5.10 Å². The zero-order chi connectivity index (χ0) is 14.5. The topological polar surface area (TPSA) is 59.8 Å². The minimum absolute atomic E-state index is 0.00399. The minimum atomic E-state index is -0.246. The molecule has 0 saturated carbocycles. The molecule has 0 fully saturated rings. The van der Waals surface area contributed by atoms with Gasteiger partial charge in [0.05, 0.1) is 17.2 Å². The van der Waals surface area contributed by atoms with Crippen LogP contribution in [0.25, 0.3) is 0 Å². The van der Waals surface area contributed by atoms with E-state index in [1.54, 1.807) is 22.2 Å². The number of nitrogens with zero attached hydrogens (tertiary/aromatic N) is 3. The lowest BCUT2D eigenvalue weighted by Crippen LogP contribution is -2.32. The molecule has 1 atom stereocenters. The van der Waals surface area contributed by atoms with E-state index in [1.807, 2.05) is 26.1 Å². The molecule has 0 aliphatic heterocycles. The lowest BCUT2D eigenvalue weighted by Gasteiger charge is -2.15. The van der Waals surface area contributed by atoms with Crippen LogP contribution in [0.5, 0.6) is 0 Å². The summed E-state index contributed by atoms with van der Waals surface area (Å²) >= 11 is 1.65. The highest BCUT2D eigenvalue weighted by Crippen LogP contribution is 2.19. The van der Waals surface area contributed by atoms with Crippen LogP contribution in [0.3, 0.4) is 0 Å². The van der Waals surface area contributed by atoms with Crippen molar-refractivity contribution in [2.75, 3.05) is 0 Å². The van der Waals surface area contributed by atoms with E-state index < -0.39 is 0 Å². The number of nitrogens with one attached hydrogen (secondary N) is 1. The molecular formula is C14H20N4OS. The predicted molar refractivity (Wildman–Crippen MR) is 79.6 cm³/mol. The Hall–Kier alpha value is -1.69. The van der Waals surface area contributed by atoms with Gasteiger partial charge in [0, 0.05) is 17.3 Å². The molecule has 1 amide bonds. The number of amides is 1. The van der Waals surface area contributed by atoms with Crippen LogP contribution in [0.4, 0.5) is 0 Å². The summed E-state index contributed by atoms with van der Waals surface area (Å²) in [5.41, 5.74) is 1.08. The summed E-state index contributed by atoms with van der Waals surface area (Å²) in [5, 5.41) is 8.19. The molecule has 0 aliphatic carbocycles. The van der Waals surface area contributed by atoms with Gasteiger partial charge in [-0.25, -0.2) is 4.98 Å². The monoisotopic (exact) mass is 292 g/mol. The first-order chi connectivity index (χ1) is 9.65. The number of aromatic nitrogens is 3. The summed E-state index contributed by atoms with van der Waals surface area (Å²) in [6, 6.07) is 1.58. The van der Waals surface area contributed by atoms with Crippen molar-refractivity contribution in [1.29, 1.82) is 0 Å². The van der Waals surface area contributed by atoms with Gasteiger partial charge >= 0.3 is 0 Å². The van der Waals surface area contributed by atoms with Crippen LogP contribution in [0.1, 0.15) is 41.9 Å². The fraction of sp³-hybridized carbons (Fsp3) is 0.500. The van der Waals surface area contributed by atoms with Crippen LogP contribution in [-0.4, -0.2) is 20.7 Å². The number of hydrogen-bond donors (Lipinski definition) is 1. The molecule has 2 heterocycles. The Morgan fingerprint density at radius 3 is 2.90 bits per heavy atom. The van der Waals surface area contributed by atoms with Crippen molar-refractivity contribution >= 4 is 17.2 Å². The van der Waals surface area contributed by atoms with E-state index in [0.29, 0.717) is 6.54 Å². The molecule has 0 spiro atoms. The Bertz CT molecular complexity index is 562. The first-order valence-corrected chi connectivity index (χ1v) is 7.69. The second-order valence-electron chi connectivity index (χ2n) is 4.58. The van der Waals surface area contributed by atoms with E-state index in [9.17, 15) is 4.79 Å². The molecule has 0 aromatic carbocycles. The van der Waals surface area contributed by atoms with Crippen molar-refractivity contribution in [2.45, 2.75) is 46.2 Å². The van der Waals surface area contributed by atoms with Gasteiger partial charge in [0.2, 0.25) is 5.91 Å². The Balaban J connectivity index is 2.00. The highest BCUT2D eigenvalue weighted by Gasteiger charge is 2.19. The zero-order valence-electron chi connectivity index (χ0n) is 12.1. The van der Waals surface area contributed by atoms with Crippen LogP contribution in [0.2, 0.25) is 0 Å². The molecule has 1 N–H and O–H groups in total. The van der Waals surface area contributed by atoms with Gasteiger partial charge < -0.3 is 5.32 Å². The molecular weight excluding hydrogens is 272 g/mol. The Kier molecular flexibility index (Phi) is 4.89. The SMILES string of the molecule is CCc1nc(C)sc1CNC(=O)C(CC)n1cccn1. The van der Waals surface area contributed by atoms with Crippen molar-refractivity contribution < 1.29 is 4.79 Å². The number of hydrogen-bond acceptors (Lipinski definition) is 4. The third kappa shape index (κ3) is 3.25. The van der Waals surface area contributed by atoms with E-state index >= 15 is 0 Å². The quantitative estimate of drug-likeness (QED) is 0.890. The van der Waals surface area contributed by atoms with Crippen LogP contribution in [0.15, 0.2) is 18.5 Å². The molecule has 6 heteroatoms. The minimum Gasteiger partial charge on any atom is -0.349 e. The van der Waals surface area contributed by atoms with Gasteiger partial charge in [-0.3, -0.25) is 9.48 Å². The van der Waals surface area contributed by atoms with E-state index in [-0.39, 0.29) is 11.9 Å². The van der Waals surface area contributed by atoms with Crippen molar-refractivity contribution in [3.05, 3.63) is 34.0 Å². The summed E-state index contributed by atoms with van der Waals surface area (Å²) in [5.74, 6) is 0.00399. The van der Waals surface area contributed by atoms with E-state index in [1.165, 1.54) is 0 Å². The smallest absolute Gasteiger partial charge is 0.245 e. The van der Waals surface area contributed by atoms with Crippen LogP contribution in [0, 0.1) is 6.92 Å². The second kappa shape index (κ2) is 6.65. The number of rotatable bonds is 6. The molecule has 108 valence electrons. The first-order valence-electron chi connectivity index (χ1n) is 6.87. The maximum absolute atomic E-state index is 12.3. The molecule has 1 unspecified atom stereocenters. The highest BCUT2D eigenvalue weighted by atomic mass is 32.1. The van der Waals surface area contributed by atoms with Crippen LogP contribution in [-0.2, 0) is 17.8 Å². The number of carbonyl (C=O) groups is 1. The van der Waals surface area contributed by atoms with Crippen molar-refractivity contribution in [2.24, 2.45) is 0 Å². The maximum Gasteiger partial charge on any atom is 0.245 e. The fourth-order valence-electron chi connectivity index (χ4n) is 2.17. The number of thiazole rings is 1. The van der Waals surface area contributed by atoms with Crippen molar-refractivity contribution in [3.63, 3.8) is 0 Å². The molecule has 20 heavy (non-hydrogen) atoms. The molecule has 0 saturated heterocycles. The van der Waals surface area contributed by atoms with Gasteiger partial charge in [-0.1, -0.05) is 13.8 Å². The standard InChI is InChI=1S/C14H20N4OS/c1-4-11-13(20-10(3)17-11)9-15-14(19)12(5-2)18-8-6-7-16-18/h6-8,12H,4-5,9H2,1-3H3,(H,15,19). The van der Waals surface area contributed by atoms with Gasteiger partial charge in [-0.05, 0) is 25.8 Å². The summed E-state index contributed by atoms with van der Waals surface area (Å²) < 4.78 is 1.70. The number of carbonyl (C=O) groups excluding carboxylic acids is 1. The van der Waals surface area contributed by atoms with Gasteiger partial charge in [0.15, 0.2) is 0 Å². The molecule has 2 rings (SSSR count). The summed E-state index contributed by atoms with van der Waals surface area (Å²) in [6.07, 6.45) is 5.13. The zero-order valence-corrected chi connectivity index (χ0v) is 12.9. The van der Waals surface area contributed by atoms with E-state index in [2.05, 4.69) is 22.3 Å². The Labute approximate surface area is 123 Å². The average molecular weight is 292 g/mol. The Morgan fingerprint density at radius 1 is 1.50 bits per heavy atom. The Morgan fingerprint density at radius 2 is 2.30 bits per heavy atom.